The number of ether oxygens (including phenoxy) is 2. The molecule has 0 aromatic heterocycles. The van der Waals surface area contributed by atoms with Gasteiger partial charge >= 0.3 is 0 Å². The van der Waals surface area contributed by atoms with Gasteiger partial charge in [0, 0.05) is 71.9 Å². The third-order valence-electron chi connectivity index (χ3n) is 7.77. The molecule has 0 bridgehead atoms. The van der Waals surface area contributed by atoms with E-state index in [4.69, 9.17) is 9.47 Å². The van der Waals surface area contributed by atoms with E-state index in [0.29, 0.717) is 0 Å². The van der Waals surface area contributed by atoms with E-state index in [2.05, 4.69) is 24.9 Å². The molecule has 5 rings (SSSR count). The number of morpholine rings is 1. The smallest absolute Gasteiger partial charge is 0.213 e. The second kappa shape index (κ2) is 8.46. The van der Waals surface area contributed by atoms with Gasteiger partial charge in [-0.05, 0) is 25.7 Å². The number of nitrogens with zero attached hydrogens (tertiary/aromatic N) is 4. The minimum Gasteiger partial charge on any atom is -0.379 e. The average Bonchev–Trinajstić information content (AvgIpc) is 3.45. The van der Waals surface area contributed by atoms with Crippen LogP contribution in [0.15, 0.2) is 0 Å². The van der Waals surface area contributed by atoms with Gasteiger partial charge in [0.1, 0.15) is 5.66 Å². The lowest BCUT2D eigenvalue weighted by Crippen LogP contribution is -2.82. The summed E-state index contributed by atoms with van der Waals surface area (Å²) in [6.45, 7) is 13.7. The number of nitrogens with one attached hydrogen (secondary N) is 1. The van der Waals surface area contributed by atoms with Gasteiger partial charge in [0.2, 0.25) is 5.85 Å². The second-order valence-corrected chi connectivity index (χ2v) is 9.10. The molecule has 0 spiro atoms. The summed E-state index contributed by atoms with van der Waals surface area (Å²) < 4.78 is 12.8. The molecule has 0 aromatic carbocycles. The van der Waals surface area contributed by atoms with Gasteiger partial charge in [-0.1, -0.05) is 6.42 Å². The summed E-state index contributed by atoms with van der Waals surface area (Å²) in [6.07, 6.45) is 7.73. The van der Waals surface area contributed by atoms with Gasteiger partial charge in [-0.15, -0.1) is 0 Å². The van der Waals surface area contributed by atoms with Crippen LogP contribution in [0.3, 0.4) is 0 Å². The van der Waals surface area contributed by atoms with Crippen molar-refractivity contribution in [3.05, 3.63) is 0 Å². The first-order valence-corrected chi connectivity index (χ1v) is 11.8. The first kappa shape index (κ1) is 19.7. The van der Waals surface area contributed by atoms with Crippen molar-refractivity contribution in [3.63, 3.8) is 0 Å². The number of piperidine rings is 1. The Hall–Kier alpha value is -0.280. The van der Waals surface area contributed by atoms with E-state index in [9.17, 15) is 0 Å². The molecule has 0 aromatic rings. The molecule has 5 aliphatic heterocycles. The molecule has 0 aliphatic carbocycles. The molecule has 7 heteroatoms. The average molecular weight is 394 g/mol. The summed E-state index contributed by atoms with van der Waals surface area (Å²) in [5, 5.41) is 3.57. The first-order chi connectivity index (χ1) is 13.9. The Morgan fingerprint density at radius 1 is 0.571 bits per heavy atom. The maximum atomic E-state index is 7.00. The fourth-order valence-electron chi connectivity index (χ4n) is 6.62. The topological polar surface area (TPSA) is 43.5 Å². The molecular formula is C21H39N5O2. The van der Waals surface area contributed by atoms with Crippen molar-refractivity contribution in [2.45, 2.75) is 50.0 Å². The van der Waals surface area contributed by atoms with Crippen molar-refractivity contribution in [1.82, 2.24) is 24.9 Å². The highest BCUT2D eigenvalue weighted by atomic mass is 16.6. The van der Waals surface area contributed by atoms with Gasteiger partial charge in [0.15, 0.2) is 0 Å². The van der Waals surface area contributed by atoms with Crippen LogP contribution >= 0.6 is 0 Å². The van der Waals surface area contributed by atoms with Crippen LogP contribution in [0.5, 0.6) is 0 Å². The van der Waals surface area contributed by atoms with Crippen LogP contribution in [0.1, 0.15) is 38.5 Å². The van der Waals surface area contributed by atoms with E-state index >= 15 is 0 Å². The molecule has 7 nitrogen and oxygen atoms in total. The Morgan fingerprint density at radius 2 is 1.14 bits per heavy atom. The van der Waals surface area contributed by atoms with E-state index in [-0.39, 0.29) is 11.5 Å². The number of rotatable bonds is 4. The van der Waals surface area contributed by atoms with Crippen molar-refractivity contribution < 1.29 is 9.47 Å². The quantitative estimate of drug-likeness (QED) is 0.749. The summed E-state index contributed by atoms with van der Waals surface area (Å²) >= 11 is 0. The van der Waals surface area contributed by atoms with Crippen molar-refractivity contribution in [3.8, 4) is 0 Å². The maximum Gasteiger partial charge on any atom is 0.213 e. The second-order valence-electron chi connectivity index (χ2n) is 9.10. The summed E-state index contributed by atoms with van der Waals surface area (Å²) in [6, 6.07) is 0. The van der Waals surface area contributed by atoms with Gasteiger partial charge in [0.05, 0.1) is 19.8 Å². The Labute approximate surface area is 170 Å². The van der Waals surface area contributed by atoms with Crippen LogP contribution in [0.25, 0.3) is 0 Å². The van der Waals surface area contributed by atoms with Crippen LogP contribution in [-0.2, 0) is 9.47 Å². The summed E-state index contributed by atoms with van der Waals surface area (Å²) in [4.78, 5) is 11.1. The normalized spacial score (nSPS) is 40.3. The van der Waals surface area contributed by atoms with Gasteiger partial charge in [-0.3, -0.25) is 19.6 Å². The minimum atomic E-state index is -0.308. The zero-order valence-electron chi connectivity index (χ0n) is 17.5. The van der Waals surface area contributed by atoms with Crippen molar-refractivity contribution >= 4 is 0 Å². The lowest BCUT2D eigenvalue weighted by Gasteiger charge is -2.63. The lowest BCUT2D eigenvalue weighted by molar-refractivity contribution is -0.315. The highest BCUT2D eigenvalue weighted by Gasteiger charge is 2.68. The maximum absolute atomic E-state index is 7.00. The van der Waals surface area contributed by atoms with Gasteiger partial charge < -0.3 is 14.8 Å². The zero-order chi connectivity index (χ0) is 18.9. The summed E-state index contributed by atoms with van der Waals surface area (Å²) in [7, 11) is 0. The highest BCUT2D eigenvalue weighted by Crippen LogP contribution is 2.49. The van der Waals surface area contributed by atoms with Crippen molar-refractivity contribution in [1.29, 1.82) is 0 Å². The third kappa shape index (κ3) is 3.06. The molecular weight excluding hydrogens is 354 g/mol. The number of likely N-dealkylation sites (tertiary alicyclic amines) is 2. The predicted octanol–water partition coefficient (Wildman–Crippen LogP) is 0.576. The highest BCUT2D eigenvalue weighted by molar-refractivity contribution is 5.12. The number of piperazine rings is 1. The van der Waals surface area contributed by atoms with E-state index in [0.717, 1.165) is 65.5 Å². The molecule has 1 N–H and O–H groups in total. The molecule has 2 unspecified atom stereocenters. The predicted molar refractivity (Wildman–Crippen MR) is 109 cm³/mol. The molecule has 5 fully saturated rings. The monoisotopic (exact) mass is 393 g/mol. The fraction of sp³-hybridized carbons (Fsp3) is 1.00. The van der Waals surface area contributed by atoms with Crippen LogP contribution in [0, 0.1) is 0 Å². The fourth-order valence-corrected chi connectivity index (χ4v) is 6.62. The summed E-state index contributed by atoms with van der Waals surface area (Å²) in [5.41, 5.74) is -0.0397. The van der Waals surface area contributed by atoms with Gasteiger partial charge in [-0.2, -0.15) is 0 Å². The third-order valence-corrected chi connectivity index (χ3v) is 7.77. The van der Waals surface area contributed by atoms with E-state index in [1.807, 2.05) is 0 Å². The van der Waals surface area contributed by atoms with Crippen LogP contribution < -0.4 is 5.32 Å². The van der Waals surface area contributed by atoms with Crippen LogP contribution in [-0.4, -0.2) is 116 Å². The number of hydrogen-bond acceptors (Lipinski definition) is 7. The van der Waals surface area contributed by atoms with E-state index < -0.39 is 0 Å². The van der Waals surface area contributed by atoms with Crippen molar-refractivity contribution in [2.24, 2.45) is 0 Å². The molecule has 160 valence electrons. The number of hydrogen-bond donors (Lipinski definition) is 1. The standard InChI is InChI=1S/C21H39N5O2/c1-2-11-25(12-3-1)21(26-13-7-22-8-14-26)20(6-17-28-21,23-9-4-5-10-23)24-15-18-27-19-16-24/h22H,1-19H2. The molecule has 5 heterocycles. The van der Waals surface area contributed by atoms with E-state index in [1.165, 1.54) is 58.3 Å². The Morgan fingerprint density at radius 3 is 1.86 bits per heavy atom. The Bertz CT molecular complexity index is 493. The molecule has 2 atom stereocenters. The molecule has 5 aliphatic rings. The van der Waals surface area contributed by atoms with Crippen molar-refractivity contribution in [2.75, 3.05) is 85.3 Å². The first-order valence-electron chi connectivity index (χ1n) is 11.8. The molecule has 0 radical (unpaired) electrons. The van der Waals surface area contributed by atoms with Crippen LogP contribution in [0.4, 0.5) is 0 Å². The molecule has 5 saturated heterocycles. The molecule has 0 amide bonds. The molecule has 0 saturated carbocycles. The minimum absolute atomic E-state index is 0.0397. The van der Waals surface area contributed by atoms with E-state index in [1.54, 1.807) is 0 Å². The van der Waals surface area contributed by atoms with Gasteiger partial charge in [-0.25, -0.2) is 0 Å². The Balaban J connectivity index is 1.60. The largest absolute Gasteiger partial charge is 0.379 e. The van der Waals surface area contributed by atoms with Crippen LogP contribution in [0.2, 0.25) is 0 Å². The van der Waals surface area contributed by atoms with Gasteiger partial charge in [0.25, 0.3) is 0 Å². The lowest BCUT2D eigenvalue weighted by atomic mass is 9.91. The SMILES string of the molecule is C1CCN(C2(N3CCNCC3)OCCC2(N2CCCC2)N2CCOCC2)CC1. The molecule has 28 heavy (non-hydrogen) atoms. The Kier molecular flexibility index (Phi) is 5.94. The zero-order valence-corrected chi connectivity index (χ0v) is 17.5. The summed E-state index contributed by atoms with van der Waals surface area (Å²) in [5.74, 6) is -0.308.